The normalized spacial score (nSPS) is 12.1. The van der Waals surface area contributed by atoms with Crippen molar-refractivity contribution in [3.63, 3.8) is 0 Å². The van der Waals surface area contributed by atoms with Crippen molar-refractivity contribution < 1.29 is 9.59 Å². The number of carbonyl (C=O) groups is 2. The van der Waals surface area contributed by atoms with Gasteiger partial charge in [-0.15, -0.1) is 0 Å². The largest absolute Gasteiger partial charge is 0.346 e. The SMILES string of the molecule is Cc1nc(Br)ccc1NC(=O)CNC(=O)[C@@H](N)C(C)C. The Balaban J connectivity index is 2.50. The molecule has 0 fully saturated rings. The van der Waals surface area contributed by atoms with Crippen LogP contribution in [0.1, 0.15) is 19.5 Å². The van der Waals surface area contributed by atoms with Crippen LogP contribution >= 0.6 is 15.9 Å². The van der Waals surface area contributed by atoms with E-state index in [1.54, 1.807) is 19.1 Å². The molecule has 1 atom stereocenters. The number of anilines is 1. The Morgan fingerprint density at radius 1 is 1.40 bits per heavy atom. The van der Waals surface area contributed by atoms with Crippen LogP contribution in [0.3, 0.4) is 0 Å². The van der Waals surface area contributed by atoms with Gasteiger partial charge in [-0.25, -0.2) is 4.98 Å². The van der Waals surface area contributed by atoms with Gasteiger partial charge in [0.15, 0.2) is 0 Å². The second kappa shape index (κ2) is 7.35. The van der Waals surface area contributed by atoms with Crippen molar-refractivity contribution in [3.05, 3.63) is 22.4 Å². The van der Waals surface area contributed by atoms with Gasteiger partial charge in [0, 0.05) is 0 Å². The van der Waals surface area contributed by atoms with Gasteiger partial charge in [-0.1, -0.05) is 13.8 Å². The molecule has 0 aliphatic rings. The number of halogens is 1. The van der Waals surface area contributed by atoms with Crippen molar-refractivity contribution in [1.29, 1.82) is 0 Å². The lowest BCUT2D eigenvalue weighted by atomic mass is 10.1. The second-order valence-corrected chi connectivity index (χ2v) is 5.62. The van der Waals surface area contributed by atoms with Gasteiger partial charge in [0.05, 0.1) is 24.0 Å². The molecule has 0 saturated carbocycles. The first-order chi connectivity index (χ1) is 9.31. The van der Waals surface area contributed by atoms with Gasteiger partial charge < -0.3 is 16.4 Å². The standard InChI is InChI=1S/C13H19BrN4O2/c1-7(2)12(15)13(20)16-6-11(19)18-9-4-5-10(14)17-8(9)3/h4-5,7,12H,6,15H2,1-3H3,(H,16,20)(H,18,19)/t12-/m0/s1. The van der Waals surface area contributed by atoms with Crippen LogP contribution in [0.15, 0.2) is 16.7 Å². The fourth-order valence-electron chi connectivity index (χ4n) is 1.44. The summed E-state index contributed by atoms with van der Waals surface area (Å²) in [4.78, 5) is 27.5. The lowest BCUT2D eigenvalue weighted by Gasteiger charge is -2.15. The van der Waals surface area contributed by atoms with Gasteiger partial charge in [-0.05, 0) is 40.9 Å². The summed E-state index contributed by atoms with van der Waals surface area (Å²) >= 11 is 3.25. The molecule has 2 amide bonds. The molecule has 0 unspecified atom stereocenters. The highest BCUT2D eigenvalue weighted by Crippen LogP contribution is 2.15. The number of aryl methyl sites for hydroxylation is 1. The van der Waals surface area contributed by atoms with Crippen molar-refractivity contribution in [2.45, 2.75) is 26.8 Å². The predicted molar refractivity (Wildman–Crippen MR) is 81.1 cm³/mol. The summed E-state index contributed by atoms with van der Waals surface area (Å²) in [6.45, 7) is 5.37. The van der Waals surface area contributed by atoms with E-state index in [4.69, 9.17) is 5.73 Å². The number of hydrogen-bond donors (Lipinski definition) is 3. The lowest BCUT2D eigenvalue weighted by Crippen LogP contribution is -2.46. The Kier molecular flexibility index (Phi) is 6.09. The van der Waals surface area contributed by atoms with Gasteiger partial charge in [0.2, 0.25) is 11.8 Å². The van der Waals surface area contributed by atoms with E-state index in [-0.39, 0.29) is 24.3 Å². The van der Waals surface area contributed by atoms with Crippen LogP contribution in [0, 0.1) is 12.8 Å². The Bertz CT molecular complexity index is 505. The Labute approximate surface area is 126 Å². The smallest absolute Gasteiger partial charge is 0.243 e. The zero-order chi connectivity index (χ0) is 15.3. The van der Waals surface area contributed by atoms with Crippen molar-refractivity contribution in [1.82, 2.24) is 10.3 Å². The molecule has 0 aromatic carbocycles. The molecule has 6 nitrogen and oxygen atoms in total. The molecule has 0 aliphatic heterocycles. The van der Waals surface area contributed by atoms with E-state index >= 15 is 0 Å². The monoisotopic (exact) mass is 342 g/mol. The zero-order valence-corrected chi connectivity index (χ0v) is 13.3. The van der Waals surface area contributed by atoms with Crippen molar-refractivity contribution in [2.75, 3.05) is 11.9 Å². The maximum absolute atomic E-state index is 11.7. The first kappa shape index (κ1) is 16.6. The van der Waals surface area contributed by atoms with Crippen LogP contribution < -0.4 is 16.4 Å². The number of carbonyl (C=O) groups excluding carboxylic acids is 2. The van der Waals surface area contributed by atoms with Crippen molar-refractivity contribution in [3.8, 4) is 0 Å². The van der Waals surface area contributed by atoms with Crippen LogP contribution in [0.4, 0.5) is 5.69 Å². The lowest BCUT2D eigenvalue weighted by molar-refractivity contribution is -0.125. The van der Waals surface area contributed by atoms with Crippen LogP contribution in [-0.2, 0) is 9.59 Å². The van der Waals surface area contributed by atoms with E-state index in [0.29, 0.717) is 16.0 Å². The zero-order valence-electron chi connectivity index (χ0n) is 11.7. The van der Waals surface area contributed by atoms with Crippen LogP contribution in [0.5, 0.6) is 0 Å². The number of nitrogens with two attached hydrogens (primary N) is 1. The summed E-state index contributed by atoms with van der Waals surface area (Å²) in [7, 11) is 0. The summed E-state index contributed by atoms with van der Waals surface area (Å²) in [5.41, 5.74) is 6.98. The number of pyridine rings is 1. The highest BCUT2D eigenvalue weighted by atomic mass is 79.9. The van der Waals surface area contributed by atoms with E-state index in [0.717, 1.165) is 0 Å². The molecule has 0 aliphatic carbocycles. The molecule has 4 N–H and O–H groups in total. The highest BCUT2D eigenvalue weighted by Gasteiger charge is 2.17. The Morgan fingerprint density at radius 2 is 2.05 bits per heavy atom. The number of amides is 2. The van der Waals surface area contributed by atoms with Crippen molar-refractivity contribution >= 4 is 33.4 Å². The minimum Gasteiger partial charge on any atom is -0.346 e. The van der Waals surface area contributed by atoms with Gasteiger partial charge >= 0.3 is 0 Å². The molecule has 0 spiro atoms. The van der Waals surface area contributed by atoms with Crippen LogP contribution in [0.25, 0.3) is 0 Å². The maximum atomic E-state index is 11.7. The molecule has 1 aromatic heterocycles. The number of aromatic nitrogens is 1. The second-order valence-electron chi connectivity index (χ2n) is 4.80. The van der Waals surface area contributed by atoms with Gasteiger partial charge in [-0.3, -0.25) is 9.59 Å². The molecular formula is C13H19BrN4O2. The van der Waals surface area contributed by atoms with Gasteiger partial charge in [-0.2, -0.15) is 0 Å². The maximum Gasteiger partial charge on any atom is 0.243 e. The third kappa shape index (κ3) is 4.90. The molecule has 0 saturated heterocycles. The quantitative estimate of drug-likeness (QED) is 0.700. The van der Waals surface area contributed by atoms with E-state index in [1.807, 2.05) is 13.8 Å². The van der Waals surface area contributed by atoms with E-state index in [1.165, 1.54) is 0 Å². The van der Waals surface area contributed by atoms with E-state index in [9.17, 15) is 9.59 Å². The minimum absolute atomic E-state index is 0.0241. The molecule has 1 rings (SSSR count). The van der Waals surface area contributed by atoms with Crippen LogP contribution in [0.2, 0.25) is 0 Å². The van der Waals surface area contributed by atoms with Crippen molar-refractivity contribution in [2.24, 2.45) is 11.7 Å². The summed E-state index contributed by atoms with van der Waals surface area (Å²) in [5.74, 6) is -0.627. The molecule has 0 bridgehead atoms. The van der Waals surface area contributed by atoms with Gasteiger partial charge in [0.1, 0.15) is 4.60 Å². The first-order valence-corrected chi connectivity index (χ1v) is 7.07. The van der Waals surface area contributed by atoms with Crippen LogP contribution in [-0.4, -0.2) is 29.4 Å². The molecule has 110 valence electrons. The summed E-state index contributed by atoms with van der Waals surface area (Å²) in [5, 5.41) is 5.19. The molecule has 1 heterocycles. The summed E-state index contributed by atoms with van der Waals surface area (Å²) in [6.07, 6.45) is 0. The Hall–Kier alpha value is -1.47. The molecule has 0 radical (unpaired) electrons. The molecule has 7 heteroatoms. The average molecular weight is 343 g/mol. The number of nitrogens with one attached hydrogen (secondary N) is 2. The molecule has 1 aromatic rings. The number of rotatable bonds is 5. The Morgan fingerprint density at radius 3 is 2.60 bits per heavy atom. The number of hydrogen-bond acceptors (Lipinski definition) is 4. The first-order valence-electron chi connectivity index (χ1n) is 6.27. The predicted octanol–water partition coefficient (Wildman–Crippen LogP) is 1.19. The fraction of sp³-hybridized carbons (Fsp3) is 0.462. The van der Waals surface area contributed by atoms with E-state index < -0.39 is 6.04 Å². The highest BCUT2D eigenvalue weighted by molar-refractivity contribution is 9.10. The fourth-order valence-corrected chi connectivity index (χ4v) is 1.84. The summed E-state index contributed by atoms with van der Waals surface area (Å²) in [6, 6.07) is 2.86. The average Bonchev–Trinajstić information content (AvgIpc) is 2.38. The van der Waals surface area contributed by atoms with E-state index in [2.05, 4.69) is 31.5 Å². The molecular weight excluding hydrogens is 324 g/mol. The molecule has 20 heavy (non-hydrogen) atoms. The topological polar surface area (TPSA) is 97.1 Å². The number of nitrogens with zero attached hydrogens (tertiary/aromatic N) is 1. The minimum atomic E-state index is -0.612. The van der Waals surface area contributed by atoms with Gasteiger partial charge in [0.25, 0.3) is 0 Å². The third-order valence-corrected chi connectivity index (χ3v) is 3.21. The summed E-state index contributed by atoms with van der Waals surface area (Å²) < 4.78 is 0.698. The third-order valence-electron chi connectivity index (χ3n) is 2.77.